The average Bonchev–Trinajstić information content (AvgIpc) is 3.52. The largest absolute Gasteiger partial charge is 0.497 e. The summed E-state index contributed by atoms with van der Waals surface area (Å²) in [6.45, 7) is 3.07. The van der Waals surface area contributed by atoms with E-state index in [0.29, 0.717) is 24.7 Å². The van der Waals surface area contributed by atoms with Gasteiger partial charge in [-0.3, -0.25) is 19.4 Å². The number of aromatic nitrogens is 4. The Bertz CT molecular complexity index is 1810. The molecule has 46 heavy (non-hydrogen) atoms. The molecule has 0 radical (unpaired) electrons. The van der Waals surface area contributed by atoms with Gasteiger partial charge in [0, 0.05) is 72.4 Å². The summed E-state index contributed by atoms with van der Waals surface area (Å²) in [7, 11) is 3.28. The summed E-state index contributed by atoms with van der Waals surface area (Å²) in [6.07, 6.45) is 8.55. The number of hydrogen-bond acceptors (Lipinski definition) is 8. The van der Waals surface area contributed by atoms with Crippen LogP contribution in [0.2, 0.25) is 5.02 Å². The number of likely N-dealkylation sites (tertiary alicyclic amines) is 1. The normalized spacial score (nSPS) is 15.5. The van der Waals surface area contributed by atoms with Crippen LogP contribution in [0.15, 0.2) is 96.3 Å². The maximum atomic E-state index is 13.7. The van der Waals surface area contributed by atoms with Gasteiger partial charge in [-0.05, 0) is 78.2 Å². The Morgan fingerprint density at radius 2 is 1.54 bits per heavy atom. The number of piperidine rings is 1. The summed E-state index contributed by atoms with van der Waals surface area (Å²) < 4.78 is 12.5. The smallest absolute Gasteiger partial charge is 0.187 e. The van der Waals surface area contributed by atoms with E-state index in [9.17, 15) is 4.79 Å². The van der Waals surface area contributed by atoms with Gasteiger partial charge in [0.05, 0.1) is 25.4 Å². The van der Waals surface area contributed by atoms with Crippen molar-refractivity contribution in [2.75, 3.05) is 39.2 Å². The summed E-state index contributed by atoms with van der Waals surface area (Å²) in [4.78, 5) is 20.3. The quantitative estimate of drug-likeness (QED) is 0.129. The number of pyridine rings is 1. The second kappa shape index (κ2) is 14.4. The van der Waals surface area contributed by atoms with E-state index in [-0.39, 0.29) is 5.78 Å². The molecule has 1 N–H and O–H groups in total. The lowest BCUT2D eigenvalue weighted by atomic mass is 9.94. The van der Waals surface area contributed by atoms with Gasteiger partial charge in [0.25, 0.3) is 0 Å². The highest BCUT2D eigenvalue weighted by molar-refractivity contribution is 6.31. The highest BCUT2D eigenvalue weighted by Crippen LogP contribution is 2.26. The van der Waals surface area contributed by atoms with E-state index in [0.717, 1.165) is 75.6 Å². The van der Waals surface area contributed by atoms with Gasteiger partial charge in [0.15, 0.2) is 5.78 Å². The van der Waals surface area contributed by atoms with Gasteiger partial charge in [0.2, 0.25) is 0 Å². The molecule has 1 aliphatic heterocycles. The molecule has 0 bridgehead atoms. The van der Waals surface area contributed by atoms with Gasteiger partial charge in [-0.15, -0.1) is 5.10 Å². The van der Waals surface area contributed by atoms with E-state index in [1.54, 1.807) is 20.4 Å². The number of ether oxygens (including phenoxy) is 2. The van der Waals surface area contributed by atoms with E-state index in [1.807, 2.05) is 95.8 Å². The first-order valence-electron chi connectivity index (χ1n) is 15.1. The minimum Gasteiger partial charge on any atom is -0.497 e. The van der Waals surface area contributed by atoms with E-state index in [2.05, 4.69) is 25.5 Å². The van der Waals surface area contributed by atoms with Gasteiger partial charge in [0.1, 0.15) is 11.5 Å². The van der Waals surface area contributed by atoms with Gasteiger partial charge < -0.3 is 14.8 Å². The monoisotopic (exact) mass is 634 g/mol. The number of anilines is 1. The highest BCUT2D eigenvalue weighted by Gasteiger charge is 2.27. The fourth-order valence-electron chi connectivity index (χ4n) is 5.51. The topological polar surface area (TPSA) is 94.4 Å². The molecule has 0 amide bonds. The van der Waals surface area contributed by atoms with Crippen molar-refractivity contribution in [2.24, 2.45) is 0 Å². The lowest BCUT2D eigenvalue weighted by Crippen LogP contribution is -2.37. The molecular formula is C36H35ClN6O3. The fraction of sp³-hybridized carbons (Fsp3) is 0.222. The predicted octanol–water partition coefficient (Wildman–Crippen LogP) is 6.55. The van der Waals surface area contributed by atoms with Crippen LogP contribution in [0, 0.1) is 0 Å². The third-order valence-electron chi connectivity index (χ3n) is 7.84. The van der Waals surface area contributed by atoms with Crippen LogP contribution in [0.4, 0.5) is 5.69 Å². The van der Waals surface area contributed by atoms with Crippen LogP contribution < -0.4 is 14.8 Å². The Hall–Kier alpha value is -4.99. The Labute approximate surface area is 273 Å². The Balaban J connectivity index is 1.12. The lowest BCUT2D eigenvalue weighted by molar-refractivity contribution is -0.113. The van der Waals surface area contributed by atoms with E-state index in [4.69, 9.17) is 21.1 Å². The molecule has 0 unspecified atom stereocenters. The maximum Gasteiger partial charge on any atom is 0.187 e. The van der Waals surface area contributed by atoms with Crippen LogP contribution in [0.3, 0.4) is 0 Å². The predicted molar refractivity (Wildman–Crippen MR) is 182 cm³/mol. The van der Waals surface area contributed by atoms with Crippen molar-refractivity contribution in [2.45, 2.75) is 19.5 Å². The minimum absolute atomic E-state index is 0.0455. The lowest BCUT2D eigenvalue weighted by Gasteiger charge is -2.29. The number of carbonyl (C=O) groups is 1. The van der Waals surface area contributed by atoms with Gasteiger partial charge in [-0.25, -0.2) is 0 Å². The van der Waals surface area contributed by atoms with Crippen molar-refractivity contribution in [3.63, 3.8) is 0 Å². The first kappa shape index (κ1) is 31.0. The van der Waals surface area contributed by atoms with Crippen molar-refractivity contribution in [1.82, 2.24) is 24.9 Å². The molecule has 2 aromatic heterocycles. The molecule has 1 fully saturated rings. The number of methoxy groups -OCH3 is 2. The van der Waals surface area contributed by atoms with Crippen molar-refractivity contribution in [1.29, 1.82) is 0 Å². The van der Waals surface area contributed by atoms with E-state index in [1.165, 1.54) is 0 Å². The summed E-state index contributed by atoms with van der Waals surface area (Å²) in [6, 6.07) is 23.1. The zero-order chi connectivity index (χ0) is 31.9. The second-order valence-electron chi connectivity index (χ2n) is 11.1. The van der Waals surface area contributed by atoms with Crippen molar-refractivity contribution >= 4 is 46.1 Å². The summed E-state index contributed by atoms with van der Waals surface area (Å²) in [5, 5.41) is 14.0. The molecule has 9 nitrogen and oxygen atoms in total. The highest BCUT2D eigenvalue weighted by atomic mass is 35.5. The number of Topliss-reactive ketones (excluding diaryl/α,β-unsaturated/α-hetero) is 1. The first-order valence-corrected chi connectivity index (χ1v) is 15.5. The fourth-order valence-corrected chi connectivity index (χ4v) is 5.68. The first-order chi connectivity index (χ1) is 22.5. The molecule has 10 heteroatoms. The van der Waals surface area contributed by atoms with Gasteiger partial charge >= 0.3 is 0 Å². The minimum atomic E-state index is 0.0455. The summed E-state index contributed by atoms with van der Waals surface area (Å²) >= 11 is 6.13. The molecule has 3 aromatic carbocycles. The van der Waals surface area contributed by atoms with Crippen molar-refractivity contribution in [3.05, 3.63) is 118 Å². The molecule has 6 rings (SSSR count). The number of hydrogen-bond donors (Lipinski definition) is 1. The van der Waals surface area contributed by atoms with Crippen LogP contribution >= 0.6 is 11.6 Å². The third-order valence-corrected chi connectivity index (χ3v) is 8.08. The number of rotatable bonds is 11. The molecule has 1 saturated heterocycles. The summed E-state index contributed by atoms with van der Waals surface area (Å²) in [5.41, 5.74) is 6.07. The van der Waals surface area contributed by atoms with Crippen molar-refractivity contribution in [3.8, 4) is 11.5 Å². The zero-order valence-corrected chi connectivity index (χ0v) is 26.6. The molecule has 3 heterocycles. The standard InChI is InChI=1S/C36H35ClN6O3/c1-45-31-9-4-25(5-10-31)18-27-21-42(22-28(36(27)44)19-26-6-11-32(46-2)12-7-26)23-30-24-43(41-40-30)17-3-15-38-34-14-16-39-35-20-29(37)8-13-33(34)35/h4-14,16,18-20,24H,3,15,17,21-23H2,1-2H3,(H,38,39). The van der Waals surface area contributed by atoms with Crippen LogP contribution in [0.1, 0.15) is 23.2 Å². The van der Waals surface area contributed by atoms with Crippen molar-refractivity contribution < 1.29 is 14.3 Å². The molecular weight excluding hydrogens is 600 g/mol. The number of carbonyl (C=O) groups excluding carboxylic acids is 1. The molecule has 234 valence electrons. The maximum absolute atomic E-state index is 13.7. The number of benzene rings is 3. The molecule has 0 aliphatic carbocycles. The number of nitrogens with one attached hydrogen (secondary N) is 1. The van der Waals surface area contributed by atoms with E-state index < -0.39 is 0 Å². The number of ketones is 1. The average molecular weight is 635 g/mol. The van der Waals surface area contributed by atoms with Crippen LogP contribution in [-0.2, 0) is 17.9 Å². The van der Waals surface area contributed by atoms with Gasteiger partial charge in [-0.2, -0.15) is 0 Å². The Kier molecular flexibility index (Phi) is 9.71. The van der Waals surface area contributed by atoms with Gasteiger partial charge in [-0.1, -0.05) is 41.1 Å². The molecule has 0 atom stereocenters. The van der Waals surface area contributed by atoms with Crippen LogP contribution in [0.25, 0.3) is 23.1 Å². The number of halogens is 1. The Morgan fingerprint density at radius 1 is 0.891 bits per heavy atom. The zero-order valence-electron chi connectivity index (χ0n) is 25.8. The number of aryl methyl sites for hydroxylation is 1. The second-order valence-corrected chi connectivity index (χ2v) is 11.6. The van der Waals surface area contributed by atoms with Crippen LogP contribution in [0.5, 0.6) is 11.5 Å². The Morgan fingerprint density at radius 3 is 2.17 bits per heavy atom. The SMILES string of the molecule is COc1ccc(C=C2CN(Cc3cn(CCCNc4ccnc5cc(Cl)ccc45)nn3)CC(=Cc3ccc(OC)cc3)C2=O)cc1. The van der Waals surface area contributed by atoms with E-state index >= 15 is 0 Å². The molecule has 0 spiro atoms. The third kappa shape index (κ3) is 7.62. The van der Waals surface area contributed by atoms with Crippen LogP contribution in [-0.4, -0.2) is 64.5 Å². The summed E-state index contributed by atoms with van der Waals surface area (Å²) in [5.74, 6) is 1.59. The molecule has 0 saturated carbocycles. The molecule has 5 aromatic rings. The molecule has 1 aliphatic rings. The number of fused-ring (bicyclic) bond motifs is 1. The number of nitrogens with zero attached hydrogens (tertiary/aromatic N) is 5.